The lowest BCUT2D eigenvalue weighted by Crippen LogP contribution is -2.28. The lowest BCUT2D eigenvalue weighted by molar-refractivity contribution is 0.768. The maximum atomic E-state index is 6.81. The molecule has 0 spiro atoms. The van der Waals surface area contributed by atoms with Crippen molar-refractivity contribution in [2.24, 2.45) is 0 Å². The molecule has 7 aromatic rings. The first-order chi connectivity index (χ1) is 21.8. The van der Waals surface area contributed by atoms with E-state index < -0.39 is 5.41 Å². The van der Waals surface area contributed by atoms with Crippen LogP contribution in [-0.2, 0) is 5.41 Å². The van der Waals surface area contributed by atoms with Crippen molar-refractivity contribution in [2.45, 2.75) is 5.41 Å². The molecule has 0 bridgehead atoms. The van der Waals surface area contributed by atoms with Gasteiger partial charge in [0.05, 0.1) is 5.41 Å². The lowest BCUT2D eigenvalue weighted by Gasteiger charge is -2.34. The van der Waals surface area contributed by atoms with E-state index in [9.17, 15) is 0 Å². The number of halogens is 1. The standard InChI is InChI=1S/C43H29Cl/c44-33-27-28-36(35-22-11-10-21-34(35)30-15-4-1-5-16-30)39(29-33)37-24-14-26-41-42(37)38-23-12-13-25-40(38)43(41,31-17-6-2-7-18-31)32-19-8-3-9-20-32/h1-29H. The molecule has 0 fully saturated rings. The summed E-state index contributed by atoms with van der Waals surface area (Å²) >= 11 is 6.81. The van der Waals surface area contributed by atoms with Crippen LogP contribution in [0.15, 0.2) is 176 Å². The molecule has 44 heavy (non-hydrogen) atoms. The Morgan fingerprint density at radius 3 is 1.52 bits per heavy atom. The average molecular weight is 581 g/mol. The number of fused-ring (bicyclic) bond motifs is 3. The number of rotatable bonds is 5. The van der Waals surface area contributed by atoms with E-state index in [4.69, 9.17) is 11.6 Å². The molecule has 0 heterocycles. The van der Waals surface area contributed by atoms with Crippen LogP contribution in [0.2, 0.25) is 5.02 Å². The Balaban J connectivity index is 1.46. The molecule has 0 saturated carbocycles. The minimum atomic E-state index is -0.453. The maximum Gasteiger partial charge on any atom is 0.0713 e. The zero-order chi connectivity index (χ0) is 29.5. The summed E-state index contributed by atoms with van der Waals surface area (Å²) < 4.78 is 0. The van der Waals surface area contributed by atoms with E-state index >= 15 is 0 Å². The second-order valence-corrected chi connectivity index (χ2v) is 11.8. The van der Waals surface area contributed by atoms with Crippen LogP contribution in [0.25, 0.3) is 44.5 Å². The molecule has 8 rings (SSSR count). The third-order valence-electron chi connectivity index (χ3n) is 9.06. The van der Waals surface area contributed by atoms with Crippen LogP contribution in [-0.4, -0.2) is 0 Å². The van der Waals surface area contributed by atoms with Crippen molar-refractivity contribution in [2.75, 3.05) is 0 Å². The second kappa shape index (κ2) is 10.8. The topological polar surface area (TPSA) is 0 Å². The number of benzene rings is 7. The first-order valence-electron chi connectivity index (χ1n) is 15.1. The normalized spacial score (nSPS) is 12.8. The fraction of sp³-hybridized carbons (Fsp3) is 0.0233. The lowest BCUT2D eigenvalue weighted by atomic mass is 9.67. The summed E-state index contributed by atoms with van der Waals surface area (Å²) in [6, 6.07) is 63.3. The first-order valence-corrected chi connectivity index (χ1v) is 15.4. The van der Waals surface area contributed by atoms with Gasteiger partial charge in [-0.15, -0.1) is 0 Å². The number of hydrogen-bond donors (Lipinski definition) is 0. The van der Waals surface area contributed by atoms with Crippen molar-refractivity contribution >= 4 is 11.6 Å². The molecule has 0 amide bonds. The zero-order valence-electron chi connectivity index (χ0n) is 24.1. The van der Waals surface area contributed by atoms with Gasteiger partial charge in [-0.05, 0) is 78.9 Å². The molecular weight excluding hydrogens is 552 g/mol. The van der Waals surface area contributed by atoms with Gasteiger partial charge in [0.1, 0.15) is 0 Å². The summed E-state index contributed by atoms with van der Waals surface area (Å²) in [5, 5.41) is 0.724. The predicted molar refractivity (Wildman–Crippen MR) is 185 cm³/mol. The quantitative estimate of drug-likeness (QED) is 0.190. The molecule has 0 aromatic heterocycles. The Kier molecular flexibility index (Phi) is 6.51. The Bertz CT molecular complexity index is 2070. The molecule has 0 nitrogen and oxygen atoms in total. The molecule has 0 unspecified atom stereocenters. The molecular formula is C43H29Cl. The van der Waals surface area contributed by atoms with Crippen LogP contribution in [0.4, 0.5) is 0 Å². The van der Waals surface area contributed by atoms with Gasteiger partial charge in [0, 0.05) is 5.02 Å². The van der Waals surface area contributed by atoms with Crippen molar-refractivity contribution in [1.82, 2.24) is 0 Å². The Morgan fingerprint density at radius 1 is 0.341 bits per heavy atom. The maximum absolute atomic E-state index is 6.81. The molecule has 208 valence electrons. The molecule has 1 heteroatoms. The molecule has 7 aromatic carbocycles. The highest BCUT2D eigenvalue weighted by molar-refractivity contribution is 6.31. The second-order valence-electron chi connectivity index (χ2n) is 11.4. The molecule has 0 aliphatic heterocycles. The summed E-state index contributed by atoms with van der Waals surface area (Å²) in [6.45, 7) is 0. The third kappa shape index (κ3) is 4.07. The highest BCUT2D eigenvalue weighted by Crippen LogP contribution is 2.58. The Labute approximate surface area is 263 Å². The van der Waals surface area contributed by atoms with Gasteiger partial charge in [-0.25, -0.2) is 0 Å². The fourth-order valence-corrected chi connectivity index (χ4v) is 7.45. The van der Waals surface area contributed by atoms with Crippen LogP contribution in [0.1, 0.15) is 22.3 Å². The van der Waals surface area contributed by atoms with Crippen molar-refractivity contribution in [3.05, 3.63) is 203 Å². The molecule has 0 atom stereocenters. The summed E-state index contributed by atoms with van der Waals surface area (Å²) in [5.41, 5.74) is 14.2. The SMILES string of the molecule is Clc1ccc(-c2ccccc2-c2ccccc2)c(-c2cccc3c2-c2ccccc2C3(c2ccccc2)c2ccccc2)c1. The van der Waals surface area contributed by atoms with Crippen LogP contribution in [0, 0.1) is 0 Å². The van der Waals surface area contributed by atoms with Gasteiger partial charge >= 0.3 is 0 Å². The van der Waals surface area contributed by atoms with E-state index in [1.807, 2.05) is 6.07 Å². The molecule has 0 N–H and O–H groups in total. The summed E-state index contributed by atoms with van der Waals surface area (Å²) in [4.78, 5) is 0. The Morgan fingerprint density at radius 2 is 0.841 bits per heavy atom. The summed E-state index contributed by atoms with van der Waals surface area (Å²) in [7, 11) is 0. The molecule has 0 saturated heterocycles. The van der Waals surface area contributed by atoms with Gasteiger partial charge in [0.15, 0.2) is 0 Å². The van der Waals surface area contributed by atoms with Gasteiger partial charge < -0.3 is 0 Å². The van der Waals surface area contributed by atoms with E-state index in [-0.39, 0.29) is 0 Å². The zero-order valence-corrected chi connectivity index (χ0v) is 24.9. The van der Waals surface area contributed by atoms with Gasteiger partial charge in [0.2, 0.25) is 0 Å². The van der Waals surface area contributed by atoms with E-state index in [0.717, 1.165) is 16.1 Å². The fourth-order valence-electron chi connectivity index (χ4n) is 7.28. The van der Waals surface area contributed by atoms with E-state index in [2.05, 4.69) is 170 Å². The summed E-state index contributed by atoms with van der Waals surface area (Å²) in [5.74, 6) is 0. The minimum absolute atomic E-state index is 0.453. The van der Waals surface area contributed by atoms with Gasteiger partial charge in [-0.2, -0.15) is 0 Å². The predicted octanol–water partition coefficient (Wildman–Crippen LogP) is 11.7. The smallest absolute Gasteiger partial charge is 0.0713 e. The first kappa shape index (κ1) is 26.5. The molecule has 1 aliphatic carbocycles. The minimum Gasteiger partial charge on any atom is -0.0843 e. The third-order valence-corrected chi connectivity index (χ3v) is 9.29. The van der Waals surface area contributed by atoms with Crippen molar-refractivity contribution in [3.8, 4) is 44.5 Å². The van der Waals surface area contributed by atoms with Crippen LogP contribution in [0.5, 0.6) is 0 Å². The largest absolute Gasteiger partial charge is 0.0843 e. The Hall–Kier alpha value is -5.17. The highest BCUT2D eigenvalue weighted by atomic mass is 35.5. The van der Waals surface area contributed by atoms with Crippen LogP contribution in [0.3, 0.4) is 0 Å². The van der Waals surface area contributed by atoms with Crippen LogP contribution < -0.4 is 0 Å². The monoisotopic (exact) mass is 580 g/mol. The van der Waals surface area contributed by atoms with Crippen molar-refractivity contribution < 1.29 is 0 Å². The van der Waals surface area contributed by atoms with E-state index in [0.29, 0.717) is 0 Å². The summed E-state index contributed by atoms with van der Waals surface area (Å²) in [6.07, 6.45) is 0. The van der Waals surface area contributed by atoms with Gasteiger partial charge in [0.25, 0.3) is 0 Å². The van der Waals surface area contributed by atoms with Gasteiger partial charge in [-0.3, -0.25) is 0 Å². The van der Waals surface area contributed by atoms with Gasteiger partial charge in [-0.1, -0.05) is 175 Å². The average Bonchev–Trinajstić information content (AvgIpc) is 3.41. The van der Waals surface area contributed by atoms with E-state index in [1.54, 1.807) is 0 Å². The van der Waals surface area contributed by atoms with Crippen LogP contribution >= 0.6 is 11.6 Å². The molecule has 1 aliphatic rings. The van der Waals surface area contributed by atoms with Crippen molar-refractivity contribution in [1.29, 1.82) is 0 Å². The van der Waals surface area contributed by atoms with E-state index in [1.165, 1.54) is 55.6 Å². The highest BCUT2D eigenvalue weighted by Gasteiger charge is 2.46. The molecule has 0 radical (unpaired) electrons. The van der Waals surface area contributed by atoms with Crippen molar-refractivity contribution in [3.63, 3.8) is 0 Å². The number of hydrogen-bond acceptors (Lipinski definition) is 0.